The monoisotopic (exact) mass is 497 g/mol. The lowest BCUT2D eigenvalue weighted by atomic mass is 10.1. The molecule has 35 heavy (non-hydrogen) atoms. The first kappa shape index (κ1) is 26.3. The maximum Gasteiger partial charge on any atom is 0.322 e. The highest BCUT2D eigenvalue weighted by Gasteiger charge is 2.22. The van der Waals surface area contributed by atoms with Gasteiger partial charge in [0, 0.05) is 37.5 Å². The minimum Gasteiger partial charge on any atom is -0.464 e. The lowest BCUT2D eigenvalue weighted by Gasteiger charge is -2.27. The number of hydrogen-bond acceptors (Lipinski definition) is 4. The Hall–Kier alpha value is -3.29. The summed E-state index contributed by atoms with van der Waals surface area (Å²) in [5.74, 6) is 1.34. The predicted octanol–water partition coefficient (Wildman–Crippen LogP) is 5.38. The minimum atomic E-state index is -0.367. The van der Waals surface area contributed by atoms with Crippen LogP contribution in [0.25, 0.3) is 0 Å². The van der Waals surface area contributed by atoms with Crippen molar-refractivity contribution < 1.29 is 18.7 Å². The molecule has 2 aromatic carbocycles. The molecule has 0 aliphatic rings. The molecule has 0 saturated heterocycles. The van der Waals surface area contributed by atoms with Crippen molar-refractivity contribution in [3.8, 4) is 0 Å². The Kier molecular flexibility index (Phi) is 10.2. The summed E-state index contributed by atoms with van der Waals surface area (Å²) < 4.78 is 10.9. The van der Waals surface area contributed by atoms with Crippen molar-refractivity contribution in [1.29, 1.82) is 0 Å². The first-order chi connectivity index (χ1) is 16.9. The van der Waals surface area contributed by atoms with Crippen molar-refractivity contribution in [2.75, 3.05) is 38.7 Å². The first-order valence-corrected chi connectivity index (χ1v) is 12.0. The van der Waals surface area contributed by atoms with Gasteiger partial charge in [-0.05, 0) is 55.7 Å². The molecule has 3 aromatic rings. The van der Waals surface area contributed by atoms with Crippen LogP contribution in [0.15, 0.2) is 71.1 Å². The van der Waals surface area contributed by atoms with Crippen LogP contribution in [0.3, 0.4) is 0 Å². The van der Waals surface area contributed by atoms with Gasteiger partial charge in [0.05, 0.1) is 6.54 Å². The number of anilines is 1. The van der Waals surface area contributed by atoms with Crippen LogP contribution in [0.1, 0.15) is 23.5 Å². The number of ether oxygens (including phenoxy) is 1. The predicted molar refractivity (Wildman–Crippen MR) is 138 cm³/mol. The van der Waals surface area contributed by atoms with Gasteiger partial charge in [-0.2, -0.15) is 0 Å². The normalized spacial score (nSPS) is 10.7. The number of benzene rings is 2. The molecule has 1 N–H and O–H groups in total. The van der Waals surface area contributed by atoms with E-state index in [2.05, 4.69) is 5.32 Å². The summed E-state index contributed by atoms with van der Waals surface area (Å²) in [7, 11) is 1.61. The van der Waals surface area contributed by atoms with Crippen LogP contribution in [0.5, 0.6) is 0 Å². The smallest absolute Gasteiger partial charge is 0.322 e. The highest BCUT2D eigenvalue weighted by molar-refractivity contribution is 6.30. The Morgan fingerprint density at radius 3 is 2.49 bits per heavy atom. The van der Waals surface area contributed by atoms with Crippen LogP contribution >= 0.6 is 11.6 Å². The molecule has 1 heterocycles. The Labute approximate surface area is 211 Å². The summed E-state index contributed by atoms with van der Waals surface area (Å²) in [5, 5.41) is 3.36. The number of urea groups is 1. The van der Waals surface area contributed by atoms with E-state index < -0.39 is 0 Å². The summed E-state index contributed by atoms with van der Waals surface area (Å²) in [6.07, 6.45) is 1.30. The molecule has 186 valence electrons. The zero-order valence-corrected chi connectivity index (χ0v) is 21.0. The van der Waals surface area contributed by atoms with E-state index in [4.69, 9.17) is 20.8 Å². The zero-order valence-electron chi connectivity index (χ0n) is 20.2. The average Bonchev–Trinajstić information content (AvgIpc) is 3.26. The fourth-order valence-electron chi connectivity index (χ4n) is 3.64. The largest absolute Gasteiger partial charge is 0.464 e. The van der Waals surface area contributed by atoms with Gasteiger partial charge in [-0.1, -0.05) is 48.0 Å². The minimum absolute atomic E-state index is 0.0649. The van der Waals surface area contributed by atoms with E-state index in [9.17, 15) is 9.59 Å². The third-order valence-electron chi connectivity index (χ3n) is 5.47. The molecule has 0 radical (unpaired) electrons. The molecule has 3 rings (SSSR count). The number of nitrogens with zero attached hydrogens (tertiary/aromatic N) is 2. The van der Waals surface area contributed by atoms with Gasteiger partial charge in [-0.3, -0.25) is 4.79 Å². The van der Waals surface area contributed by atoms with Crippen LogP contribution < -0.4 is 5.32 Å². The van der Waals surface area contributed by atoms with Crippen molar-refractivity contribution >= 4 is 29.2 Å². The van der Waals surface area contributed by atoms with Crippen LogP contribution in [0.4, 0.5) is 10.5 Å². The lowest BCUT2D eigenvalue weighted by Crippen LogP contribution is -2.45. The number of furan rings is 1. The molecule has 0 aliphatic heterocycles. The van der Waals surface area contributed by atoms with Gasteiger partial charge in [0.15, 0.2) is 0 Å². The van der Waals surface area contributed by atoms with E-state index in [1.165, 1.54) is 4.90 Å². The van der Waals surface area contributed by atoms with Crippen molar-refractivity contribution in [3.63, 3.8) is 0 Å². The summed E-state index contributed by atoms with van der Waals surface area (Å²) in [4.78, 5) is 29.7. The Morgan fingerprint density at radius 1 is 1.00 bits per heavy atom. The van der Waals surface area contributed by atoms with Crippen molar-refractivity contribution in [2.45, 2.75) is 26.3 Å². The molecular formula is C27H32ClN3O4. The molecule has 0 aliphatic carbocycles. The molecule has 7 nitrogen and oxygen atoms in total. The summed E-state index contributed by atoms with van der Waals surface area (Å²) in [5.41, 5.74) is 1.70. The molecule has 0 spiro atoms. The maximum atomic E-state index is 13.4. The maximum absolute atomic E-state index is 13.4. The zero-order chi connectivity index (χ0) is 25.0. The lowest BCUT2D eigenvalue weighted by molar-refractivity contribution is -0.132. The van der Waals surface area contributed by atoms with Gasteiger partial charge in [0.2, 0.25) is 5.91 Å². The summed E-state index contributed by atoms with van der Waals surface area (Å²) in [6, 6.07) is 20.3. The Bertz CT molecular complexity index is 1090. The van der Waals surface area contributed by atoms with Crippen LogP contribution in [-0.4, -0.2) is 55.1 Å². The molecule has 0 unspecified atom stereocenters. The quantitative estimate of drug-likeness (QED) is 0.341. The average molecular weight is 498 g/mol. The topological polar surface area (TPSA) is 75.0 Å². The third kappa shape index (κ3) is 8.77. The van der Waals surface area contributed by atoms with Gasteiger partial charge in [0.25, 0.3) is 0 Å². The molecule has 0 saturated carbocycles. The second-order valence-corrected chi connectivity index (χ2v) is 8.71. The second kappa shape index (κ2) is 13.6. The molecule has 8 heteroatoms. The van der Waals surface area contributed by atoms with E-state index in [1.54, 1.807) is 36.3 Å². The van der Waals surface area contributed by atoms with E-state index in [0.29, 0.717) is 55.6 Å². The third-order valence-corrected chi connectivity index (χ3v) is 5.71. The van der Waals surface area contributed by atoms with Gasteiger partial charge in [-0.15, -0.1) is 0 Å². The van der Waals surface area contributed by atoms with E-state index in [-0.39, 0.29) is 18.5 Å². The van der Waals surface area contributed by atoms with Crippen LogP contribution in [-0.2, 0) is 22.5 Å². The fourth-order valence-corrected chi connectivity index (χ4v) is 3.83. The van der Waals surface area contributed by atoms with E-state index >= 15 is 0 Å². The molecular weight excluding hydrogens is 466 g/mol. The van der Waals surface area contributed by atoms with Gasteiger partial charge in [-0.25, -0.2) is 4.79 Å². The summed E-state index contributed by atoms with van der Waals surface area (Å²) in [6.45, 7) is 3.50. The van der Waals surface area contributed by atoms with Crippen LogP contribution in [0, 0.1) is 6.92 Å². The van der Waals surface area contributed by atoms with Gasteiger partial charge < -0.3 is 24.3 Å². The SMILES string of the molecule is COCCCN(CC(=O)N(CCc1ccccc1)Cc1ccc(C)o1)C(=O)Nc1cccc(Cl)c1. The molecule has 3 amide bonds. The Balaban J connectivity index is 1.72. The molecule has 0 atom stereocenters. The van der Waals surface area contributed by atoms with Gasteiger partial charge >= 0.3 is 6.03 Å². The number of nitrogens with one attached hydrogen (secondary N) is 1. The van der Waals surface area contributed by atoms with Crippen molar-refractivity contribution in [2.24, 2.45) is 0 Å². The fraction of sp³-hybridized carbons (Fsp3) is 0.333. The van der Waals surface area contributed by atoms with E-state index in [0.717, 1.165) is 11.3 Å². The number of rotatable bonds is 12. The number of carbonyl (C=O) groups excluding carboxylic acids is 2. The second-order valence-electron chi connectivity index (χ2n) is 8.27. The molecule has 1 aromatic heterocycles. The van der Waals surface area contributed by atoms with Crippen LogP contribution in [0.2, 0.25) is 5.02 Å². The number of aryl methyl sites for hydroxylation is 1. The molecule has 0 fully saturated rings. The number of methoxy groups -OCH3 is 1. The molecule has 0 bridgehead atoms. The number of carbonyl (C=O) groups is 2. The highest BCUT2D eigenvalue weighted by atomic mass is 35.5. The Morgan fingerprint density at radius 2 is 1.80 bits per heavy atom. The number of halogens is 1. The van der Waals surface area contributed by atoms with Crippen molar-refractivity contribution in [3.05, 3.63) is 88.8 Å². The van der Waals surface area contributed by atoms with E-state index in [1.807, 2.05) is 49.4 Å². The highest BCUT2D eigenvalue weighted by Crippen LogP contribution is 2.16. The van der Waals surface area contributed by atoms with Crippen molar-refractivity contribution in [1.82, 2.24) is 9.80 Å². The van der Waals surface area contributed by atoms with Gasteiger partial charge in [0.1, 0.15) is 18.1 Å². The standard InChI is InChI=1S/C27H32ClN3O4/c1-21-12-13-25(35-21)19-30(16-14-22-8-4-3-5-9-22)26(32)20-31(15-7-17-34-2)27(33)29-24-11-6-10-23(28)18-24/h3-6,8-13,18H,7,14-17,19-20H2,1-2H3,(H,29,33). The number of amides is 3. The number of hydrogen-bond donors (Lipinski definition) is 1. The summed E-state index contributed by atoms with van der Waals surface area (Å²) >= 11 is 6.05. The first-order valence-electron chi connectivity index (χ1n) is 11.6.